The first kappa shape index (κ1) is 18.9. The second kappa shape index (κ2) is 8.69. The minimum atomic E-state index is -0.264. The van der Waals surface area contributed by atoms with Crippen LogP contribution in [0.1, 0.15) is 11.1 Å². The Morgan fingerprint density at radius 2 is 1.96 bits per heavy atom. The summed E-state index contributed by atoms with van der Waals surface area (Å²) in [5, 5.41) is 6.86. The van der Waals surface area contributed by atoms with E-state index < -0.39 is 0 Å². The fourth-order valence-corrected chi connectivity index (χ4v) is 2.75. The number of hydrogen-bond donors (Lipinski definition) is 1. The Morgan fingerprint density at radius 3 is 2.68 bits per heavy atom. The zero-order valence-corrected chi connectivity index (χ0v) is 15.5. The number of para-hydroxylation sites is 1. The van der Waals surface area contributed by atoms with Gasteiger partial charge in [0.1, 0.15) is 6.54 Å². The van der Waals surface area contributed by atoms with Crippen LogP contribution in [0.2, 0.25) is 0 Å². The molecule has 0 aliphatic carbocycles. The fraction of sp³-hybridized carbons (Fsp3) is 0.136. The summed E-state index contributed by atoms with van der Waals surface area (Å²) in [6, 6.07) is 16.7. The highest BCUT2D eigenvalue weighted by molar-refractivity contribution is 5.99. The van der Waals surface area contributed by atoms with Gasteiger partial charge >= 0.3 is 0 Å². The molecule has 0 saturated carbocycles. The number of anilines is 1. The molecule has 3 rings (SSSR count). The normalized spacial score (nSPS) is 10.1. The van der Waals surface area contributed by atoms with E-state index in [1.165, 1.54) is 11.9 Å². The van der Waals surface area contributed by atoms with Crippen LogP contribution < -0.4 is 10.2 Å². The Labute approximate surface area is 163 Å². The van der Waals surface area contributed by atoms with E-state index in [0.717, 1.165) is 11.3 Å². The third kappa shape index (κ3) is 4.46. The molecule has 0 atom stereocenters. The number of rotatable bonds is 6. The molecule has 0 radical (unpaired) electrons. The van der Waals surface area contributed by atoms with E-state index in [1.54, 1.807) is 35.1 Å². The van der Waals surface area contributed by atoms with E-state index in [-0.39, 0.29) is 24.8 Å². The SMILES string of the molecule is C#Cc1cccc(N(CC(=O)NC)C(=O)Cc2cnn(-c3ccccc3)c2)c1. The minimum absolute atomic E-state index is 0.0871. The molecule has 0 spiro atoms. The highest BCUT2D eigenvalue weighted by Gasteiger charge is 2.20. The summed E-state index contributed by atoms with van der Waals surface area (Å²) in [6.07, 6.45) is 9.04. The Balaban J connectivity index is 1.82. The summed E-state index contributed by atoms with van der Waals surface area (Å²) in [4.78, 5) is 26.3. The van der Waals surface area contributed by atoms with E-state index in [4.69, 9.17) is 6.42 Å². The van der Waals surface area contributed by atoms with Crippen molar-refractivity contribution in [2.24, 2.45) is 0 Å². The number of terminal acetylenes is 1. The lowest BCUT2D eigenvalue weighted by Gasteiger charge is -2.22. The van der Waals surface area contributed by atoms with Gasteiger partial charge in [-0.05, 0) is 35.9 Å². The van der Waals surface area contributed by atoms with Gasteiger partial charge in [0.15, 0.2) is 0 Å². The van der Waals surface area contributed by atoms with Crippen LogP contribution in [-0.2, 0) is 16.0 Å². The lowest BCUT2D eigenvalue weighted by atomic mass is 10.1. The Hall–Kier alpha value is -3.85. The summed E-state index contributed by atoms with van der Waals surface area (Å²) in [5.74, 6) is 2.07. The number of aromatic nitrogens is 2. The van der Waals surface area contributed by atoms with Gasteiger partial charge < -0.3 is 10.2 Å². The van der Waals surface area contributed by atoms with Gasteiger partial charge in [0.2, 0.25) is 11.8 Å². The van der Waals surface area contributed by atoms with Crippen molar-refractivity contribution in [1.82, 2.24) is 15.1 Å². The zero-order chi connectivity index (χ0) is 19.9. The lowest BCUT2D eigenvalue weighted by Crippen LogP contribution is -2.40. The van der Waals surface area contributed by atoms with E-state index in [2.05, 4.69) is 16.3 Å². The number of nitrogens with one attached hydrogen (secondary N) is 1. The van der Waals surface area contributed by atoms with Crippen LogP contribution in [0.3, 0.4) is 0 Å². The Bertz CT molecular complexity index is 1020. The van der Waals surface area contributed by atoms with Gasteiger partial charge in [0, 0.05) is 24.5 Å². The summed E-state index contributed by atoms with van der Waals surface area (Å²) >= 11 is 0. The molecule has 0 aliphatic rings. The van der Waals surface area contributed by atoms with Gasteiger partial charge in [-0.2, -0.15) is 5.10 Å². The highest BCUT2D eigenvalue weighted by atomic mass is 16.2. The van der Waals surface area contributed by atoms with Crippen LogP contribution in [0, 0.1) is 12.3 Å². The average molecular weight is 372 g/mol. The molecule has 1 N–H and O–H groups in total. The van der Waals surface area contributed by atoms with Crippen LogP contribution in [0.4, 0.5) is 5.69 Å². The van der Waals surface area contributed by atoms with E-state index in [1.807, 2.05) is 36.5 Å². The van der Waals surface area contributed by atoms with Crippen LogP contribution in [0.25, 0.3) is 5.69 Å². The van der Waals surface area contributed by atoms with Crippen molar-refractivity contribution in [3.63, 3.8) is 0 Å². The predicted molar refractivity (Wildman–Crippen MR) is 108 cm³/mol. The smallest absolute Gasteiger partial charge is 0.239 e. The number of nitrogens with zero attached hydrogens (tertiary/aromatic N) is 3. The third-order valence-corrected chi connectivity index (χ3v) is 4.22. The molecule has 0 unspecified atom stereocenters. The van der Waals surface area contributed by atoms with Crippen LogP contribution >= 0.6 is 0 Å². The van der Waals surface area contributed by atoms with Crippen LogP contribution in [-0.4, -0.2) is 35.2 Å². The maximum atomic E-state index is 13.0. The predicted octanol–water partition coefficient (Wildman–Crippen LogP) is 2.18. The topological polar surface area (TPSA) is 67.2 Å². The van der Waals surface area contributed by atoms with Gasteiger partial charge in [-0.15, -0.1) is 6.42 Å². The molecule has 2 amide bonds. The summed E-state index contributed by atoms with van der Waals surface area (Å²) < 4.78 is 1.71. The van der Waals surface area contributed by atoms with Crippen molar-refractivity contribution < 1.29 is 9.59 Å². The molecule has 0 bridgehead atoms. The minimum Gasteiger partial charge on any atom is -0.358 e. The van der Waals surface area contributed by atoms with E-state index in [0.29, 0.717) is 11.3 Å². The number of hydrogen-bond acceptors (Lipinski definition) is 3. The van der Waals surface area contributed by atoms with Crippen molar-refractivity contribution in [3.8, 4) is 18.0 Å². The molecule has 1 aromatic heterocycles. The largest absolute Gasteiger partial charge is 0.358 e. The fourth-order valence-electron chi connectivity index (χ4n) is 2.75. The standard InChI is InChI=1S/C22H20N4O2/c1-3-17-8-7-11-20(12-17)25(16-21(27)23-2)22(28)13-18-14-24-26(15-18)19-9-5-4-6-10-19/h1,4-12,14-15H,13,16H2,2H3,(H,23,27). The number of amides is 2. The van der Waals surface area contributed by atoms with Crippen LogP contribution in [0.15, 0.2) is 67.0 Å². The van der Waals surface area contributed by atoms with E-state index in [9.17, 15) is 9.59 Å². The number of likely N-dealkylation sites (N-methyl/N-ethyl adjacent to an activating group) is 1. The quantitative estimate of drug-likeness (QED) is 0.675. The van der Waals surface area contributed by atoms with Crippen molar-refractivity contribution >= 4 is 17.5 Å². The lowest BCUT2D eigenvalue weighted by molar-refractivity contribution is -0.123. The average Bonchev–Trinajstić information content (AvgIpc) is 3.20. The molecule has 1 heterocycles. The van der Waals surface area contributed by atoms with Gasteiger partial charge in [0.05, 0.1) is 18.3 Å². The Morgan fingerprint density at radius 1 is 1.18 bits per heavy atom. The van der Waals surface area contributed by atoms with Gasteiger partial charge in [-0.3, -0.25) is 9.59 Å². The van der Waals surface area contributed by atoms with Crippen molar-refractivity contribution in [3.05, 3.63) is 78.1 Å². The van der Waals surface area contributed by atoms with Gasteiger partial charge in [-0.25, -0.2) is 4.68 Å². The molecule has 3 aromatic rings. The maximum Gasteiger partial charge on any atom is 0.239 e. The third-order valence-electron chi connectivity index (χ3n) is 4.22. The second-order valence-electron chi connectivity index (χ2n) is 6.15. The molecule has 0 aliphatic heterocycles. The number of carbonyl (C=O) groups excluding carboxylic acids is 2. The molecular weight excluding hydrogens is 352 g/mol. The maximum absolute atomic E-state index is 13.0. The van der Waals surface area contributed by atoms with Gasteiger partial charge in [0.25, 0.3) is 0 Å². The first-order valence-corrected chi connectivity index (χ1v) is 8.77. The van der Waals surface area contributed by atoms with Crippen molar-refractivity contribution in [2.45, 2.75) is 6.42 Å². The summed E-state index contributed by atoms with van der Waals surface area (Å²) in [5.41, 5.74) is 2.89. The molecule has 28 heavy (non-hydrogen) atoms. The summed E-state index contributed by atoms with van der Waals surface area (Å²) in [7, 11) is 1.53. The van der Waals surface area contributed by atoms with Crippen LogP contribution in [0.5, 0.6) is 0 Å². The van der Waals surface area contributed by atoms with Crippen molar-refractivity contribution in [2.75, 3.05) is 18.5 Å². The molecule has 140 valence electrons. The highest BCUT2D eigenvalue weighted by Crippen LogP contribution is 2.18. The molecule has 0 saturated heterocycles. The molecule has 6 heteroatoms. The first-order chi connectivity index (χ1) is 13.6. The first-order valence-electron chi connectivity index (χ1n) is 8.77. The zero-order valence-electron chi connectivity index (χ0n) is 15.5. The molecule has 0 fully saturated rings. The van der Waals surface area contributed by atoms with Gasteiger partial charge in [-0.1, -0.05) is 30.2 Å². The number of benzene rings is 2. The second-order valence-corrected chi connectivity index (χ2v) is 6.15. The Kier molecular flexibility index (Phi) is 5.87. The molecular formula is C22H20N4O2. The van der Waals surface area contributed by atoms with Crippen molar-refractivity contribution in [1.29, 1.82) is 0 Å². The molecule has 2 aromatic carbocycles. The number of carbonyl (C=O) groups is 2. The summed E-state index contributed by atoms with van der Waals surface area (Å²) in [6.45, 7) is -0.0871. The monoisotopic (exact) mass is 372 g/mol. The van der Waals surface area contributed by atoms with E-state index >= 15 is 0 Å². The molecule has 6 nitrogen and oxygen atoms in total.